The number of rotatable bonds is 7. The number of nitrogens with one attached hydrogen (secondary N) is 1. The van der Waals surface area contributed by atoms with E-state index < -0.39 is 0 Å². The Bertz CT molecular complexity index is 1010. The van der Waals surface area contributed by atoms with Gasteiger partial charge >= 0.3 is 0 Å². The van der Waals surface area contributed by atoms with E-state index in [-0.39, 0.29) is 17.8 Å². The van der Waals surface area contributed by atoms with Crippen molar-refractivity contribution in [1.82, 2.24) is 15.4 Å². The molecule has 1 N–H and O–H groups in total. The molecule has 1 aromatic carbocycles. The van der Waals surface area contributed by atoms with Crippen LogP contribution in [-0.2, 0) is 0 Å². The minimum atomic E-state index is -0.239. The highest BCUT2D eigenvalue weighted by molar-refractivity contribution is 5.92. The highest BCUT2D eigenvalue weighted by Gasteiger charge is 2.30. The van der Waals surface area contributed by atoms with Gasteiger partial charge in [0.15, 0.2) is 5.69 Å². The number of benzene rings is 1. The summed E-state index contributed by atoms with van der Waals surface area (Å²) >= 11 is 0. The van der Waals surface area contributed by atoms with Crippen LogP contribution >= 0.6 is 0 Å². The minimum Gasteiger partial charge on any atom is -0.468 e. The van der Waals surface area contributed by atoms with Gasteiger partial charge in [0.1, 0.15) is 17.3 Å². The van der Waals surface area contributed by atoms with E-state index >= 15 is 0 Å². The lowest BCUT2D eigenvalue weighted by atomic mass is 10.1. The summed E-state index contributed by atoms with van der Waals surface area (Å²) in [6.07, 6.45) is 3.85. The zero-order chi connectivity index (χ0) is 21.2. The minimum absolute atomic E-state index is 0.0795. The first-order valence-corrected chi connectivity index (χ1v) is 10.7. The van der Waals surface area contributed by atoms with Crippen molar-refractivity contribution in [2.75, 3.05) is 37.6 Å². The molecule has 3 heterocycles. The Morgan fingerprint density at radius 2 is 1.94 bits per heavy atom. The Balaban J connectivity index is 1.22. The van der Waals surface area contributed by atoms with Gasteiger partial charge in [0, 0.05) is 50.4 Å². The number of halogens is 1. The van der Waals surface area contributed by atoms with Crippen molar-refractivity contribution < 1.29 is 18.1 Å². The van der Waals surface area contributed by atoms with Gasteiger partial charge in [-0.3, -0.25) is 9.69 Å². The fraction of sp³-hybridized carbons (Fsp3) is 0.391. The molecule has 0 unspecified atom stereocenters. The van der Waals surface area contributed by atoms with E-state index in [4.69, 9.17) is 8.94 Å². The number of aromatic nitrogens is 1. The zero-order valence-electron chi connectivity index (χ0n) is 17.2. The molecule has 5 rings (SSSR count). The van der Waals surface area contributed by atoms with E-state index in [0.29, 0.717) is 18.2 Å². The normalized spacial score (nSPS) is 18.2. The number of hydrogen-bond acceptors (Lipinski definition) is 6. The third-order valence-corrected chi connectivity index (χ3v) is 6.02. The van der Waals surface area contributed by atoms with Crippen LogP contribution < -0.4 is 10.2 Å². The molecule has 8 heteroatoms. The quantitative estimate of drug-likeness (QED) is 0.625. The Morgan fingerprint density at radius 3 is 2.61 bits per heavy atom. The third-order valence-electron chi connectivity index (χ3n) is 6.02. The van der Waals surface area contributed by atoms with Gasteiger partial charge in [-0.1, -0.05) is 5.16 Å². The van der Waals surface area contributed by atoms with Gasteiger partial charge in [-0.15, -0.1) is 0 Å². The number of hydrogen-bond donors (Lipinski definition) is 1. The first-order valence-electron chi connectivity index (χ1n) is 10.7. The first kappa shape index (κ1) is 19.8. The van der Waals surface area contributed by atoms with Gasteiger partial charge in [0.25, 0.3) is 5.91 Å². The topological polar surface area (TPSA) is 74.8 Å². The number of carbonyl (C=O) groups is 1. The van der Waals surface area contributed by atoms with E-state index in [1.807, 2.05) is 24.3 Å². The maximum atomic E-state index is 13.2. The maximum Gasteiger partial charge on any atom is 0.273 e. The van der Waals surface area contributed by atoms with E-state index in [1.165, 1.54) is 12.1 Å². The van der Waals surface area contributed by atoms with E-state index in [9.17, 15) is 9.18 Å². The Morgan fingerprint density at radius 1 is 1.16 bits per heavy atom. The number of nitrogens with zero attached hydrogens (tertiary/aromatic N) is 3. The highest BCUT2D eigenvalue weighted by Crippen LogP contribution is 2.40. The van der Waals surface area contributed by atoms with Crippen molar-refractivity contribution in [3.05, 3.63) is 71.8 Å². The van der Waals surface area contributed by atoms with Crippen LogP contribution in [0, 0.1) is 5.82 Å². The summed E-state index contributed by atoms with van der Waals surface area (Å²) in [5.41, 5.74) is 1.34. The molecule has 3 aromatic rings. The number of piperazine rings is 1. The van der Waals surface area contributed by atoms with Crippen molar-refractivity contribution in [2.45, 2.75) is 24.8 Å². The number of furan rings is 1. The molecule has 1 amide bonds. The summed E-state index contributed by atoms with van der Waals surface area (Å²) < 4.78 is 24.2. The molecule has 31 heavy (non-hydrogen) atoms. The predicted octanol–water partition coefficient (Wildman–Crippen LogP) is 3.58. The Labute approximate surface area is 179 Å². The van der Waals surface area contributed by atoms with E-state index in [0.717, 1.165) is 56.2 Å². The monoisotopic (exact) mass is 424 g/mol. The number of amides is 1. The van der Waals surface area contributed by atoms with Crippen molar-refractivity contribution >= 4 is 11.6 Å². The molecule has 0 bridgehead atoms. The smallest absolute Gasteiger partial charge is 0.273 e. The lowest BCUT2D eigenvalue weighted by molar-refractivity contribution is 0.0914. The first-order chi connectivity index (χ1) is 15.2. The van der Waals surface area contributed by atoms with Gasteiger partial charge in [0.05, 0.1) is 12.3 Å². The van der Waals surface area contributed by atoms with Crippen LogP contribution in [0.25, 0.3) is 0 Å². The SMILES string of the molecule is O=C(NC[C@H](c1ccco1)N1CCN(c2ccc(F)cc2)CC1)c1cc(C2CC2)on1. The molecule has 2 aromatic heterocycles. The van der Waals surface area contributed by atoms with Crippen molar-refractivity contribution in [3.63, 3.8) is 0 Å². The van der Waals surface area contributed by atoms with Crippen LogP contribution in [-0.4, -0.2) is 48.7 Å². The number of anilines is 1. The lowest BCUT2D eigenvalue weighted by Crippen LogP contribution is -2.49. The van der Waals surface area contributed by atoms with Crippen molar-refractivity contribution in [2.24, 2.45) is 0 Å². The summed E-state index contributed by atoms with van der Waals surface area (Å²) in [5.74, 6) is 1.56. The van der Waals surface area contributed by atoms with E-state index in [2.05, 4.69) is 20.3 Å². The molecule has 2 aliphatic rings. The molecule has 0 spiro atoms. The highest BCUT2D eigenvalue weighted by atomic mass is 19.1. The average molecular weight is 424 g/mol. The molecule has 1 aliphatic carbocycles. The molecule has 7 nitrogen and oxygen atoms in total. The molecule has 2 fully saturated rings. The summed E-state index contributed by atoms with van der Waals surface area (Å²) in [6, 6.07) is 12.1. The molecule has 1 saturated carbocycles. The van der Waals surface area contributed by atoms with Gasteiger partial charge in [-0.25, -0.2) is 4.39 Å². The standard InChI is InChI=1S/C23H25FN4O3/c24-17-5-7-18(8-6-17)27-9-11-28(12-10-27)20(21-2-1-13-30-21)15-25-23(29)19-14-22(31-26-19)16-3-4-16/h1-2,5-8,13-14,16,20H,3-4,9-12,15H2,(H,25,29)/t20-/m1/s1. The molecule has 1 atom stereocenters. The average Bonchev–Trinajstić information content (AvgIpc) is 3.28. The van der Waals surface area contributed by atoms with Crippen LogP contribution in [0.3, 0.4) is 0 Å². The lowest BCUT2D eigenvalue weighted by Gasteiger charge is -2.39. The molecule has 1 saturated heterocycles. The van der Waals surface area contributed by atoms with Crippen molar-refractivity contribution in [3.8, 4) is 0 Å². The third kappa shape index (κ3) is 4.49. The fourth-order valence-corrected chi connectivity index (χ4v) is 4.07. The van der Waals surface area contributed by atoms with Crippen LogP contribution in [0.4, 0.5) is 10.1 Å². The van der Waals surface area contributed by atoms with Gasteiger partial charge in [0.2, 0.25) is 0 Å². The Kier molecular flexibility index (Phi) is 5.46. The summed E-state index contributed by atoms with van der Waals surface area (Å²) in [7, 11) is 0. The fourth-order valence-electron chi connectivity index (χ4n) is 4.07. The van der Waals surface area contributed by atoms with Crippen molar-refractivity contribution in [1.29, 1.82) is 0 Å². The van der Waals surface area contributed by atoms with Gasteiger partial charge in [-0.2, -0.15) is 0 Å². The second-order valence-corrected chi connectivity index (χ2v) is 8.13. The summed E-state index contributed by atoms with van der Waals surface area (Å²) in [5, 5.41) is 6.91. The Hall–Kier alpha value is -3.13. The predicted molar refractivity (Wildman–Crippen MR) is 112 cm³/mol. The molecule has 162 valence electrons. The van der Waals surface area contributed by atoms with Gasteiger partial charge in [-0.05, 0) is 49.2 Å². The van der Waals surface area contributed by atoms with Crippen LogP contribution in [0.2, 0.25) is 0 Å². The molecule has 1 aliphatic heterocycles. The molecular weight excluding hydrogens is 399 g/mol. The van der Waals surface area contributed by atoms with Gasteiger partial charge < -0.3 is 19.2 Å². The molecule has 0 radical (unpaired) electrons. The second kappa shape index (κ2) is 8.55. The van der Waals surface area contributed by atoms with Crippen LogP contribution in [0.15, 0.2) is 57.7 Å². The molecular formula is C23H25FN4O3. The van der Waals surface area contributed by atoms with Crippen LogP contribution in [0.5, 0.6) is 0 Å². The number of carbonyl (C=O) groups excluding carboxylic acids is 1. The summed E-state index contributed by atoms with van der Waals surface area (Å²) in [6.45, 7) is 3.63. The van der Waals surface area contributed by atoms with E-state index in [1.54, 1.807) is 12.3 Å². The zero-order valence-corrected chi connectivity index (χ0v) is 17.2. The largest absolute Gasteiger partial charge is 0.468 e. The maximum absolute atomic E-state index is 13.2. The summed E-state index contributed by atoms with van der Waals surface area (Å²) in [4.78, 5) is 17.1. The second-order valence-electron chi connectivity index (χ2n) is 8.13. The van der Waals surface area contributed by atoms with Crippen LogP contribution in [0.1, 0.15) is 46.8 Å².